The van der Waals surface area contributed by atoms with Crippen molar-refractivity contribution in [1.29, 1.82) is 0 Å². The van der Waals surface area contributed by atoms with Crippen LogP contribution in [0, 0.1) is 0 Å². The Morgan fingerprint density at radius 3 is 2.79 bits per heavy atom. The van der Waals surface area contributed by atoms with Crippen LogP contribution in [0.4, 0.5) is 5.69 Å². The zero-order valence-electron chi connectivity index (χ0n) is 16.1. The third kappa shape index (κ3) is 5.42. The molecule has 29 heavy (non-hydrogen) atoms. The van der Waals surface area contributed by atoms with Crippen molar-refractivity contribution in [2.45, 2.75) is 17.9 Å². The summed E-state index contributed by atoms with van der Waals surface area (Å²) in [7, 11) is 3.14. The van der Waals surface area contributed by atoms with E-state index in [9.17, 15) is 4.79 Å². The molecule has 0 saturated carbocycles. The highest BCUT2D eigenvalue weighted by Crippen LogP contribution is 2.28. The first-order valence-electron chi connectivity index (χ1n) is 8.73. The fourth-order valence-corrected chi connectivity index (χ4v) is 3.43. The van der Waals surface area contributed by atoms with Crippen LogP contribution in [0.2, 0.25) is 5.02 Å². The van der Waals surface area contributed by atoms with Gasteiger partial charge in [0.1, 0.15) is 11.5 Å². The molecular formula is C20H20ClN3O4S. The quantitative estimate of drug-likeness (QED) is 0.552. The van der Waals surface area contributed by atoms with Gasteiger partial charge >= 0.3 is 0 Å². The number of hydrogen-bond acceptors (Lipinski definition) is 7. The summed E-state index contributed by atoms with van der Waals surface area (Å²) in [5.74, 6) is 2.45. The van der Waals surface area contributed by atoms with Gasteiger partial charge in [-0.1, -0.05) is 28.9 Å². The maximum atomic E-state index is 12.4. The topological polar surface area (TPSA) is 86.5 Å². The highest BCUT2D eigenvalue weighted by atomic mass is 35.5. The van der Waals surface area contributed by atoms with Crippen LogP contribution in [-0.2, 0) is 10.5 Å². The van der Waals surface area contributed by atoms with Crippen LogP contribution >= 0.6 is 23.4 Å². The van der Waals surface area contributed by atoms with Gasteiger partial charge in [-0.25, -0.2) is 0 Å². The van der Waals surface area contributed by atoms with E-state index in [1.165, 1.54) is 18.9 Å². The van der Waals surface area contributed by atoms with Crippen molar-refractivity contribution in [2.24, 2.45) is 0 Å². The van der Waals surface area contributed by atoms with Crippen molar-refractivity contribution < 1.29 is 18.8 Å². The minimum atomic E-state index is -0.331. The summed E-state index contributed by atoms with van der Waals surface area (Å²) >= 11 is 7.48. The molecule has 0 aliphatic rings. The van der Waals surface area contributed by atoms with Crippen molar-refractivity contribution in [1.82, 2.24) is 10.1 Å². The predicted octanol–water partition coefficient (Wildman–Crippen LogP) is 4.67. The lowest BCUT2D eigenvalue weighted by Crippen LogP contribution is -2.22. The molecule has 0 bridgehead atoms. The number of hydrogen-bond donors (Lipinski definition) is 1. The molecule has 0 saturated heterocycles. The van der Waals surface area contributed by atoms with Crippen LogP contribution in [0.15, 0.2) is 47.0 Å². The largest absolute Gasteiger partial charge is 0.497 e. The number of aromatic nitrogens is 2. The Kier molecular flexibility index (Phi) is 7.00. The minimum Gasteiger partial charge on any atom is -0.497 e. The van der Waals surface area contributed by atoms with Gasteiger partial charge in [-0.3, -0.25) is 4.79 Å². The fourth-order valence-electron chi connectivity index (χ4n) is 2.45. The van der Waals surface area contributed by atoms with Gasteiger partial charge in [-0.2, -0.15) is 4.98 Å². The molecule has 152 valence electrons. The lowest BCUT2D eigenvalue weighted by Gasteiger charge is -2.12. The first kappa shape index (κ1) is 21.0. The van der Waals surface area contributed by atoms with E-state index in [1.807, 2.05) is 31.2 Å². The predicted molar refractivity (Wildman–Crippen MR) is 114 cm³/mol. The third-order valence-electron chi connectivity index (χ3n) is 4.04. The second-order valence-electron chi connectivity index (χ2n) is 6.04. The van der Waals surface area contributed by atoms with Gasteiger partial charge in [-0.05, 0) is 37.3 Å². The van der Waals surface area contributed by atoms with E-state index in [-0.39, 0.29) is 11.2 Å². The van der Waals surface area contributed by atoms with E-state index in [1.54, 1.807) is 25.3 Å². The number of nitrogens with zero attached hydrogens (tertiary/aromatic N) is 2. The van der Waals surface area contributed by atoms with E-state index in [0.717, 1.165) is 5.56 Å². The number of methoxy groups -OCH3 is 2. The van der Waals surface area contributed by atoms with Crippen LogP contribution < -0.4 is 14.8 Å². The second-order valence-corrected chi connectivity index (χ2v) is 7.77. The first-order chi connectivity index (χ1) is 14.0. The average Bonchev–Trinajstić information content (AvgIpc) is 3.21. The maximum absolute atomic E-state index is 12.4. The molecule has 3 rings (SSSR count). The summed E-state index contributed by atoms with van der Waals surface area (Å²) in [5, 5.41) is 6.93. The zero-order chi connectivity index (χ0) is 20.8. The molecule has 3 aromatic rings. The van der Waals surface area contributed by atoms with Gasteiger partial charge in [0, 0.05) is 11.3 Å². The van der Waals surface area contributed by atoms with Gasteiger partial charge in [-0.15, -0.1) is 11.8 Å². The number of carbonyl (C=O) groups is 1. The molecule has 0 unspecified atom stereocenters. The number of nitrogens with one attached hydrogen (secondary N) is 1. The smallest absolute Gasteiger partial charge is 0.237 e. The molecule has 9 heteroatoms. The summed E-state index contributed by atoms with van der Waals surface area (Å²) in [6, 6.07) is 12.5. The monoisotopic (exact) mass is 433 g/mol. The van der Waals surface area contributed by atoms with Crippen molar-refractivity contribution >= 4 is 35.0 Å². The molecule has 0 aliphatic carbocycles. The molecule has 2 aromatic carbocycles. The van der Waals surface area contributed by atoms with E-state index < -0.39 is 0 Å². The number of anilines is 1. The molecule has 1 heterocycles. The number of carbonyl (C=O) groups excluding carboxylic acids is 1. The van der Waals surface area contributed by atoms with Gasteiger partial charge in [0.15, 0.2) is 0 Å². The van der Waals surface area contributed by atoms with Gasteiger partial charge in [0.25, 0.3) is 0 Å². The highest BCUT2D eigenvalue weighted by molar-refractivity contribution is 7.99. The first-order valence-corrected chi connectivity index (χ1v) is 10.2. The highest BCUT2D eigenvalue weighted by Gasteiger charge is 2.17. The summed E-state index contributed by atoms with van der Waals surface area (Å²) in [6.07, 6.45) is 0. The van der Waals surface area contributed by atoms with Crippen molar-refractivity contribution in [3.05, 3.63) is 53.4 Å². The molecular weight excluding hydrogens is 414 g/mol. The van der Waals surface area contributed by atoms with E-state index in [2.05, 4.69) is 15.5 Å². The minimum absolute atomic E-state index is 0.149. The average molecular weight is 434 g/mol. The number of thioether (sulfide) groups is 1. The lowest BCUT2D eigenvalue weighted by atomic mass is 10.2. The van der Waals surface area contributed by atoms with Crippen LogP contribution in [-0.4, -0.2) is 35.5 Å². The molecule has 0 spiro atoms. The molecule has 0 fully saturated rings. The number of benzene rings is 2. The second kappa shape index (κ2) is 9.67. The van der Waals surface area contributed by atoms with Crippen molar-refractivity contribution in [3.8, 4) is 22.9 Å². The Bertz CT molecular complexity index is 995. The summed E-state index contributed by atoms with van der Waals surface area (Å²) < 4.78 is 15.6. The van der Waals surface area contributed by atoms with Crippen LogP contribution in [0.5, 0.6) is 11.5 Å². The van der Waals surface area contributed by atoms with Crippen LogP contribution in [0.1, 0.15) is 12.8 Å². The summed E-state index contributed by atoms with van der Waals surface area (Å²) in [4.78, 5) is 16.8. The molecule has 1 N–H and O–H groups in total. The van der Waals surface area contributed by atoms with Crippen LogP contribution in [0.3, 0.4) is 0 Å². The fraction of sp³-hybridized carbons (Fsp3) is 0.250. The van der Waals surface area contributed by atoms with Gasteiger partial charge < -0.3 is 19.3 Å². The van der Waals surface area contributed by atoms with Crippen molar-refractivity contribution in [2.75, 3.05) is 19.5 Å². The Hall–Kier alpha value is -2.71. The molecule has 7 nitrogen and oxygen atoms in total. The SMILES string of the molecule is COc1cccc(-c2noc(CS[C@@H](C)C(=O)Nc3ccc(OC)c(Cl)c3)n2)c1. The number of ether oxygens (including phenoxy) is 2. The molecule has 0 radical (unpaired) electrons. The van der Waals surface area contributed by atoms with Crippen molar-refractivity contribution in [3.63, 3.8) is 0 Å². The van der Waals surface area contributed by atoms with E-state index >= 15 is 0 Å². The summed E-state index contributed by atoms with van der Waals surface area (Å²) in [5.41, 5.74) is 1.40. The number of halogens is 1. The Morgan fingerprint density at radius 2 is 2.07 bits per heavy atom. The van der Waals surface area contributed by atoms with Gasteiger partial charge in [0.05, 0.1) is 30.2 Å². The Balaban J connectivity index is 1.56. The normalized spacial score (nSPS) is 11.7. The molecule has 0 aliphatic heterocycles. The molecule has 1 amide bonds. The van der Waals surface area contributed by atoms with Crippen LogP contribution in [0.25, 0.3) is 11.4 Å². The molecule has 1 atom stereocenters. The van der Waals surface area contributed by atoms with E-state index in [0.29, 0.717) is 39.7 Å². The number of rotatable bonds is 8. The van der Waals surface area contributed by atoms with Gasteiger partial charge in [0.2, 0.25) is 17.6 Å². The number of amides is 1. The van der Waals surface area contributed by atoms with E-state index in [4.69, 9.17) is 25.6 Å². The summed E-state index contributed by atoms with van der Waals surface area (Å²) in [6.45, 7) is 1.81. The Morgan fingerprint density at radius 1 is 1.24 bits per heavy atom. The lowest BCUT2D eigenvalue weighted by molar-refractivity contribution is -0.115. The zero-order valence-corrected chi connectivity index (χ0v) is 17.7. The maximum Gasteiger partial charge on any atom is 0.237 e. The standard InChI is InChI=1S/C20H20ClN3O4S/c1-12(20(25)22-14-7-8-17(27-3)16(21)10-14)29-11-18-23-19(24-28-18)13-5-4-6-15(9-13)26-2/h4-10,12H,11H2,1-3H3,(H,22,25)/t12-/m0/s1. The third-order valence-corrected chi connectivity index (χ3v) is 5.46. The molecule has 1 aromatic heterocycles. The Labute approximate surface area is 177 Å².